The number of carbonyl (C=O) groups excluding carboxylic acids is 2. The molecule has 2 aromatic heterocycles. The number of anilines is 1. The fraction of sp³-hybridized carbons (Fsp3) is 0.231. The molecule has 2 fully saturated rings. The normalized spacial score (nSPS) is 18.9. The van der Waals surface area contributed by atoms with Gasteiger partial charge in [0.1, 0.15) is 35.1 Å². The summed E-state index contributed by atoms with van der Waals surface area (Å²) in [4.78, 5) is 39.0. The van der Waals surface area contributed by atoms with E-state index in [0.717, 1.165) is 6.42 Å². The molecule has 2 N–H and O–H groups in total. The number of rotatable bonds is 7. The van der Waals surface area contributed by atoms with Gasteiger partial charge in [0.25, 0.3) is 5.91 Å². The van der Waals surface area contributed by atoms with Crippen molar-refractivity contribution in [1.82, 2.24) is 19.9 Å². The first kappa shape index (κ1) is 22.2. The summed E-state index contributed by atoms with van der Waals surface area (Å²) in [5, 5.41) is 3.81. The Balaban J connectivity index is 1.24. The van der Waals surface area contributed by atoms with E-state index < -0.39 is 11.6 Å². The highest BCUT2D eigenvalue weighted by atomic mass is 19.1. The molecular formula is C26H22FN5O4. The van der Waals surface area contributed by atoms with Crippen molar-refractivity contribution in [2.24, 2.45) is 0 Å². The van der Waals surface area contributed by atoms with Crippen LogP contribution >= 0.6 is 0 Å². The molecule has 36 heavy (non-hydrogen) atoms. The number of nitrogens with one attached hydrogen (secondary N) is 2. The van der Waals surface area contributed by atoms with Crippen LogP contribution in [0.15, 0.2) is 61.1 Å². The minimum atomic E-state index is -0.693. The lowest BCUT2D eigenvalue weighted by atomic mass is 10.0. The lowest BCUT2D eigenvalue weighted by molar-refractivity contribution is -0.131. The van der Waals surface area contributed by atoms with Crippen molar-refractivity contribution in [2.75, 3.05) is 25.0 Å². The highest BCUT2D eigenvalue weighted by Gasteiger charge is 2.38. The summed E-state index contributed by atoms with van der Waals surface area (Å²) >= 11 is 0. The second-order valence-electron chi connectivity index (χ2n) is 8.77. The molecule has 4 heterocycles. The van der Waals surface area contributed by atoms with Crippen molar-refractivity contribution in [1.29, 1.82) is 0 Å². The molecule has 0 bridgehead atoms. The number of para-hydroxylation sites is 1. The number of aromatic nitrogens is 3. The van der Waals surface area contributed by atoms with Crippen LogP contribution in [0.25, 0.3) is 11.0 Å². The zero-order valence-electron chi connectivity index (χ0n) is 19.1. The number of likely N-dealkylation sites (tertiary alicyclic amines) is 1. The van der Waals surface area contributed by atoms with Crippen LogP contribution in [0.5, 0.6) is 11.5 Å². The second-order valence-corrected chi connectivity index (χ2v) is 8.77. The van der Waals surface area contributed by atoms with E-state index in [9.17, 15) is 9.59 Å². The van der Waals surface area contributed by atoms with Crippen LogP contribution in [-0.2, 0) is 9.53 Å². The predicted octanol–water partition coefficient (Wildman–Crippen LogP) is 3.53. The number of benzene rings is 2. The van der Waals surface area contributed by atoms with Crippen LogP contribution in [0.2, 0.25) is 0 Å². The average Bonchev–Trinajstić information content (AvgIpc) is 3.47. The van der Waals surface area contributed by atoms with E-state index in [0.29, 0.717) is 42.3 Å². The minimum Gasteiger partial charge on any atom is -0.457 e. The molecule has 0 spiro atoms. The number of aromatic amines is 1. The Bertz CT molecular complexity index is 1450. The zero-order chi connectivity index (χ0) is 24.6. The van der Waals surface area contributed by atoms with Gasteiger partial charge in [-0.25, -0.2) is 14.4 Å². The van der Waals surface area contributed by atoms with E-state index in [1.807, 2.05) is 18.2 Å². The van der Waals surface area contributed by atoms with Crippen molar-refractivity contribution in [3.05, 3.63) is 78.0 Å². The molecule has 1 amide bonds. The van der Waals surface area contributed by atoms with E-state index in [1.165, 1.54) is 24.7 Å². The fourth-order valence-corrected chi connectivity index (χ4v) is 4.43. The fourth-order valence-electron chi connectivity index (χ4n) is 4.43. The summed E-state index contributed by atoms with van der Waals surface area (Å²) in [7, 11) is 0. The van der Waals surface area contributed by atoms with E-state index in [-0.39, 0.29) is 34.9 Å². The molecular weight excluding hydrogens is 465 g/mol. The third kappa shape index (κ3) is 4.27. The summed E-state index contributed by atoms with van der Waals surface area (Å²) in [6.07, 6.45) is 3.31. The number of hydrogen-bond donors (Lipinski definition) is 2. The Morgan fingerprint density at radius 1 is 1.11 bits per heavy atom. The van der Waals surface area contributed by atoms with Crippen molar-refractivity contribution in [3.8, 4) is 11.5 Å². The first-order valence-electron chi connectivity index (χ1n) is 11.6. The van der Waals surface area contributed by atoms with Gasteiger partial charge in [0.05, 0.1) is 23.1 Å². The number of ether oxygens (including phenoxy) is 2. The lowest BCUT2D eigenvalue weighted by Gasteiger charge is -2.17. The Morgan fingerprint density at radius 2 is 1.94 bits per heavy atom. The highest BCUT2D eigenvalue weighted by molar-refractivity contribution is 6.18. The molecule has 2 aliphatic heterocycles. The maximum absolute atomic E-state index is 15.0. The zero-order valence-corrected chi connectivity index (χ0v) is 19.1. The van der Waals surface area contributed by atoms with Gasteiger partial charge in [-0.15, -0.1) is 0 Å². The lowest BCUT2D eigenvalue weighted by Crippen LogP contribution is -2.34. The van der Waals surface area contributed by atoms with Crippen LogP contribution < -0.4 is 10.1 Å². The summed E-state index contributed by atoms with van der Waals surface area (Å²) < 4.78 is 25.8. The molecule has 2 aliphatic rings. The van der Waals surface area contributed by atoms with Crippen LogP contribution in [0.4, 0.5) is 10.2 Å². The van der Waals surface area contributed by atoms with E-state index in [1.54, 1.807) is 23.1 Å². The number of ketones is 1. The summed E-state index contributed by atoms with van der Waals surface area (Å²) in [5.41, 5.74) is 0.617. The highest BCUT2D eigenvalue weighted by Crippen LogP contribution is 2.30. The number of nitrogens with zero attached hydrogens (tertiary/aromatic N) is 3. The summed E-state index contributed by atoms with van der Waals surface area (Å²) in [6, 6.07) is 13.1. The molecule has 182 valence electrons. The minimum absolute atomic E-state index is 0.000174. The quantitative estimate of drug-likeness (QED) is 0.303. The standard InChI is InChI=1S/C26H22FN5O4/c27-20-10-17(36-16-4-2-1-3-5-16)6-7-18(20)23(33)19-11-28-24-22(19)25(30-14-29-24)31-15-8-9-32(12-15)26(34)21-13-35-21/h1-7,10-11,14-15,21H,8-9,12-13H2,(H2,28,29,30,31). The molecule has 9 nitrogen and oxygen atoms in total. The van der Waals surface area contributed by atoms with Crippen molar-refractivity contribution in [2.45, 2.75) is 18.6 Å². The third-order valence-corrected chi connectivity index (χ3v) is 6.33. The number of fused-ring (bicyclic) bond motifs is 1. The van der Waals surface area contributed by atoms with Gasteiger partial charge < -0.3 is 24.7 Å². The molecule has 10 heteroatoms. The van der Waals surface area contributed by atoms with Gasteiger partial charge in [-0.05, 0) is 30.7 Å². The molecule has 0 aliphatic carbocycles. The first-order chi connectivity index (χ1) is 17.6. The molecule has 0 saturated carbocycles. The molecule has 2 unspecified atom stereocenters. The van der Waals surface area contributed by atoms with Gasteiger partial charge in [0, 0.05) is 31.4 Å². The maximum Gasteiger partial charge on any atom is 0.254 e. The molecule has 0 radical (unpaired) electrons. The van der Waals surface area contributed by atoms with Crippen LogP contribution in [-0.4, -0.2) is 63.4 Å². The Hall–Kier alpha value is -4.31. The average molecular weight is 487 g/mol. The van der Waals surface area contributed by atoms with Crippen LogP contribution in [0.1, 0.15) is 22.3 Å². The van der Waals surface area contributed by atoms with E-state index in [4.69, 9.17) is 9.47 Å². The van der Waals surface area contributed by atoms with Gasteiger partial charge in [-0.2, -0.15) is 0 Å². The van der Waals surface area contributed by atoms with Crippen LogP contribution in [0, 0.1) is 5.82 Å². The third-order valence-electron chi connectivity index (χ3n) is 6.33. The van der Waals surface area contributed by atoms with Crippen LogP contribution in [0.3, 0.4) is 0 Å². The molecule has 2 saturated heterocycles. The summed E-state index contributed by atoms with van der Waals surface area (Å²) in [5.74, 6) is 0.114. The van der Waals surface area contributed by atoms with Gasteiger partial charge in [0.2, 0.25) is 0 Å². The molecule has 6 rings (SSSR count). The summed E-state index contributed by atoms with van der Waals surface area (Å²) in [6.45, 7) is 1.60. The smallest absolute Gasteiger partial charge is 0.254 e. The number of H-pyrrole nitrogens is 1. The molecule has 2 aromatic carbocycles. The Kier molecular flexibility index (Phi) is 5.57. The maximum atomic E-state index is 15.0. The van der Waals surface area contributed by atoms with E-state index >= 15 is 4.39 Å². The Morgan fingerprint density at radius 3 is 2.72 bits per heavy atom. The Labute approximate surface area is 205 Å². The van der Waals surface area contributed by atoms with Crippen molar-refractivity contribution >= 4 is 28.5 Å². The monoisotopic (exact) mass is 487 g/mol. The number of amides is 1. The molecule has 4 aromatic rings. The number of carbonyl (C=O) groups is 2. The van der Waals surface area contributed by atoms with Gasteiger partial charge in [0.15, 0.2) is 11.9 Å². The number of epoxide rings is 1. The number of halogens is 1. The SMILES string of the molecule is O=C(c1ccc(Oc2ccccc2)cc1F)c1c[nH]c2ncnc(NC3CCN(C(=O)C4CO4)C3)c12. The van der Waals surface area contributed by atoms with Crippen molar-refractivity contribution in [3.63, 3.8) is 0 Å². The van der Waals surface area contributed by atoms with Gasteiger partial charge in [-0.1, -0.05) is 18.2 Å². The largest absolute Gasteiger partial charge is 0.457 e. The van der Waals surface area contributed by atoms with Gasteiger partial charge >= 0.3 is 0 Å². The topological polar surface area (TPSA) is 113 Å². The number of hydrogen-bond acceptors (Lipinski definition) is 7. The van der Waals surface area contributed by atoms with Crippen molar-refractivity contribution < 1.29 is 23.5 Å². The first-order valence-corrected chi connectivity index (χ1v) is 11.6. The second kappa shape index (κ2) is 9.04. The van der Waals surface area contributed by atoms with Gasteiger partial charge in [-0.3, -0.25) is 9.59 Å². The predicted molar refractivity (Wildman–Crippen MR) is 129 cm³/mol. The van der Waals surface area contributed by atoms with E-state index in [2.05, 4.69) is 20.3 Å². The molecule has 2 atom stereocenters.